The van der Waals surface area contributed by atoms with Gasteiger partial charge in [0.05, 0.1) is 39.1 Å². The number of ether oxygens (including phenoxy) is 3. The highest BCUT2D eigenvalue weighted by Crippen LogP contribution is 2.37. The fourth-order valence-corrected chi connectivity index (χ4v) is 8.42. The van der Waals surface area contributed by atoms with Gasteiger partial charge in [-0.3, -0.25) is 9.36 Å². The molecule has 7 rings (SSSR count). The second-order valence-corrected chi connectivity index (χ2v) is 14.7. The van der Waals surface area contributed by atoms with Crippen LogP contribution < -0.4 is 24.4 Å². The largest absolute Gasteiger partial charge is 0.493 e. The Morgan fingerprint density at radius 2 is 1.73 bits per heavy atom. The van der Waals surface area contributed by atoms with E-state index < -0.39 is 12.0 Å². The van der Waals surface area contributed by atoms with Crippen LogP contribution in [0.15, 0.2) is 129 Å². The molecular weight excluding hydrogens is 791 g/mol. The number of esters is 1. The summed E-state index contributed by atoms with van der Waals surface area (Å²) in [6, 6.07) is 35.0. The van der Waals surface area contributed by atoms with E-state index in [0.717, 1.165) is 41.5 Å². The lowest BCUT2D eigenvalue weighted by Gasteiger charge is -2.26. The van der Waals surface area contributed by atoms with Crippen molar-refractivity contribution in [3.8, 4) is 11.5 Å². The van der Waals surface area contributed by atoms with Crippen molar-refractivity contribution >= 4 is 74.2 Å². The molecule has 7 nitrogen and oxygen atoms in total. The second kappa shape index (κ2) is 15.3. The SMILES string of the molecule is CCOC(=O)C1=C(c2ccccc2)N=c2s/c(=C\c3cc(I)c(OCc4cccc5ccccc45)c(OC)c3)c(=O)n2[C@H]1c1ccc(SC)cc1. The molecule has 0 saturated heterocycles. The molecule has 0 spiro atoms. The smallest absolute Gasteiger partial charge is 0.338 e. The molecule has 0 fully saturated rings. The minimum Gasteiger partial charge on any atom is -0.493 e. The third-order valence-corrected chi connectivity index (χ3v) is 11.1. The fraction of sp³-hybridized carbons (Fsp3) is 0.146. The van der Waals surface area contributed by atoms with Gasteiger partial charge >= 0.3 is 5.97 Å². The standard InChI is InChI=1S/C41H33IN2O5S2/c1-4-48-40(46)35-36(27-12-6-5-7-13-27)43-41-44(37(35)28-17-19-30(50-3)20-18-28)39(45)34(51-41)23-25-21-32(42)38(33(22-25)47-2)49-24-29-15-10-14-26-11-8-9-16-31(26)29/h5-23,37H,4,24H2,1-3H3/b34-23-/t37-/m0/s1. The molecule has 1 aliphatic rings. The van der Waals surface area contributed by atoms with Crippen molar-refractivity contribution in [2.24, 2.45) is 4.99 Å². The van der Waals surface area contributed by atoms with Gasteiger partial charge in [0.2, 0.25) is 0 Å². The van der Waals surface area contributed by atoms with E-state index in [1.54, 1.807) is 30.4 Å². The normalized spacial score (nSPS) is 14.3. The van der Waals surface area contributed by atoms with E-state index in [4.69, 9.17) is 19.2 Å². The number of fused-ring (bicyclic) bond motifs is 2. The molecule has 0 unspecified atom stereocenters. The zero-order chi connectivity index (χ0) is 35.5. The molecule has 0 saturated carbocycles. The van der Waals surface area contributed by atoms with Crippen LogP contribution in [0.1, 0.15) is 35.2 Å². The maximum atomic E-state index is 14.4. The van der Waals surface area contributed by atoms with Gasteiger partial charge in [0.25, 0.3) is 5.56 Å². The number of methoxy groups -OCH3 is 1. The van der Waals surface area contributed by atoms with Crippen molar-refractivity contribution < 1.29 is 19.0 Å². The van der Waals surface area contributed by atoms with Crippen LogP contribution in [0.2, 0.25) is 0 Å². The van der Waals surface area contributed by atoms with E-state index in [0.29, 0.717) is 38.7 Å². The molecule has 0 radical (unpaired) electrons. The maximum Gasteiger partial charge on any atom is 0.338 e. The molecule has 1 aliphatic heterocycles. The van der Waals surface area contributed by atoms with E-state index in [2.05, 4.69) is 46.9 Å². The summed E-state index contributed by atoms with van der Waals surface area (Å²) in [5.41, 5.74) is 3.96. The monoisotopic (exact) mass is 824 g/mol. The molecule has 10 heteroatoms. The number of thiazole rings is 1. The first-order valence-electron chi connectivity index (χ1n) is 16.3. The van der Waals surface area contributed by atoms with Crippen LogP contribution in [0.5, 0.6) is 11.5 Å². The van der Waals surface area contributed by atoms with Crippen LogP contribution in [-0.2, 0) is 16.1 Å². The molecule has 5 aromatic carbocycles. The zero-order valence-corrected chi connectivity index (χ0v) is 31.9. The predicted molar refractivity (Wildman–Crippen MR) is 213 cm³/mol. The first-order chi connectivity index (χ1) is 24.9. The highest BCUT2D eigenvalue weighted by Gasteiger charge is 2.35. The summed E-state index contributed by atoms with van der Waals surface area (Å²) in [5, 5.41) is 2.29. The Kier molecular flexibility index (Phi) is 10.4. The molecule has 0 bridgehead atoms. The second-order valence-electron chi connectivity index (χ2n) is 11.7. The quantitative estimate of drug-likeness (QED) is 0.0792. The molecule has 2 heterocycles. The average Bonchev–Trinajstić information content (AvgIpc) is 3.47. The fourth-order valence-electron chi connectivity index (χ4n) is 6.22. The Morgan fingerprint density at radius 1 is 0.980 bits per heavy atom. The van der Waals surface area contributed by atoms with Crippen LogP contribution >= 0.6 is 45.7 Å². The van der Waals surface area contributed by atoms with Crippen LogP contribution in [0, 0.1) is 3.57 Å². The van der Waals surface area contributed by atoms with Gasteiger partial charge in [-0.25, -0.2) is 9.79 Å². The summed E-state index contributed by atoms with van der Waals surface area (Å²) in [6.07, 6.45) is 3.85. The van der Waals surface area contributed by atoms with E-state index >= 15 is 0 Å². The number of carbonyl (C=O) groups excluding carboxylic acids is 1. The van der Waals surface area contributed by atoms with E-state index in [1.165, 1.54) is 11.3 Å². The topological polar surface area (TPSA) is 79.1 Å². The Hall–Kier alpha value is -4.65. The van der Waals surface area contributed by atoms with E-state index in [-0.39, 0.29) is 12.2 Å². The summed E-state index contributed by atoms with van der Waals surface area (Å²) in [7, 11) is 1.61. The number of halogens is 1. The zero-order valence-electron chi connectivity index (χ0n) is 28.1. The maximum absolute atomic E-state index is 14.4. The number of thioether (sulfide) groups is 1. The number of rotatable bonds is 10. The molecule has 0 aliphatic carbocycles. The van der Waals surface area contributed by atoms with Crippen molar-refractivity contribution in [1.29, 1.82) is 0 Å². The molecular formula is C41H33IN2O5S2. The van der Waals surface area contributed by atoms with Gasteiger partial charge in [0.1, 0.15) is 6.61 Å². The molecule has 1 aromatic heterocycles. The molecule has 256 valence electrons. The highest BCUT2D eigenvalue weighted by molar-refractivity contribution is 14.1. The Bertz CT molecular complexity index is 2470. The highest BCUT2D eigenvalue weighted by atomic mass is 127. The molecule has 1 atom stereocenters. The minimum absolute atomic E-state index is 0.190. The Morgan fingerprint density at radius 3 is 2.47 bits per heavy atom. The van der Waals surface area contributed by atoms with Crippen LogP contribution in [0.4, 0.5) is 0 Å². The Balaban J connectivity index is 1.33. The lowest BCUT2D eigenvalue weighted by molar-refractivity contribution is -0.138. The van der Waals surface area contributed by atoms with E-state index in [1.807, 2.05) is 97.3 Å². The van der Waals surface area contributed by atoms with Crippen molar-refractivity contribution in [2.45, 2.75) is 24.5 Å². The van der Waals surface area contributed by atoms with Crippen LogP contribution in [0.3, 0.4) is 0 Å². The minimum atomic E-state index is -0.743. The summed E-state index contributed by atoms with van der Waals surface area (Å²) in [6.45, 7) is 2.33. The van der Waals surface area contributed by atoms with Crippen molar-refractivity contribution in [2.75, 3.05) is 20.0 Å². The lowest BCUT2D eigenvalue weighted by atomic mass is 9.93. The first kappa shape index (κ1) is 34.8. The van der Waals surface area contributed by atoms with Crippen LogP contribution in [0.25, 0.3) is 22.5 Å². The van der Waals surface area contributed by atoms with Crippen molar-refractivity contribution in [3.63, 3.8) is 0 Å². The average molecular weight is 825 g/mol. The number of benzene rings is 5. The number of hydrogen-bond acceptors (Lipinski definition) is 8. The van der Waals surface area contributed by atoms with Gasteiger partial charge in [-0.2, -0.15) is 0 Å². The number of aromatic nitrogens is 1. The van der Waals surface area contributed by atoms with E-state index in [9.17, 15) is 9.59 Å². The van der Waals surface area contributed by atoms with Crippen molar-refractivity contribution in [1.82, 2.24) is 4.57 Å². The third kappa shape index (κ3) is 7.00. The van der Waals surface area contributed by atoms with Gasteiger partial charge in [0, 0.05) is 10.5 Å². The van der Waals surface area contributed by atoms with Crippen molar-refractivity contribution in [3.05, 3.63) is 160 Å². The van der Waals surface area contributed by atoms with Gasteiger partial charge < -0.3 is 14.2 Å². The van der Waals surface area contributed by atoms with Gasteiger partial charge in [-0.1, -0.05) is 96.3 Å². The molecule has 0 N–H and O–H groups in total. The summed E-state index contributed by atoms with van der Waals surface area (Å²) < 4.78 is 20.7. The predicted octanol–water partition coefficient (Wildman–Crippen LogP) is 8.00. The number of carbonyl (C=O) groups is 1. The first-order valence-corrected chi connectivity index (χ1v) is 19.4. The molecule has 6 aromatic rings. The van der Waals surface area contributed by atoms with Crippen LogP contribution in [-0.4, -0.2) is 30.5 Å². The number of nitrogens with zero attached hydrogens (tertiary/aromatic N) is 2. The Labute approximate surface area is 317 Å². The summed E-state index contributed by atoms with van der Waals surface area (Å²) in [5.74, 6) is 0.681. The number of hydrogen-bond donors (Lipinski definition) is 0. The lowest BCUT2D eigenvalue weighted by Crippen LogP contribution is -2.40. The molecule has 51 heavy (non-hydrogen) atoms. The summed E-state index contributed by atoms with van der Waals surface area (Å²) >= 11 is 5.15. The summed E-state index contributed by atoms with van der Waals surface area (Å²) in [4.78, 5) is 34.7. The third-order valence-electron chi connectivity index (χ3n) is 8.61. The molecule has 0 amide bonds. The van der Waals surface area contributed by atoms with Gasteiger partial charge in [-0.15, -0.1) is 11.8 Å². The van der Waals surface area contributed by atoms with Gasteiger partial charge in [0.15, 0.2) is 16.3 Å². The van der Waals surface area contributed by atoms with Gasteiger partial charge in [-0.05, 0) is 93.6 Å².